The third kappa shape index (κ3) is 4.93. The number of rotatable bonds is 6. The van der Waals surface area contributed by atoms with E-state index in [1.54, 1.807) is 29.2 Å². The van der Waals surface area contributed by atoms with Crippen LogP contribution in [-0.2, 0) is 14.4 Å². The molecule has 1 N–H and O–H groups in total. The van der Waals surface area contributed by atoms with E-state index in [2.05, 4.69) is 5.32 Å². The highest BCUT2D eigenvalue weighted by Crippen LogP contribution is 2.40. The van der Waals surface area contributed by atoms with Gasteiger partial charge in [-0.1, -0.05) is 12.1 Å². The topological polar surface area (TPSA) is 88.2 Å². The molecule has 0 radical (unpaired) electrons. The van der Waals surface area contributed by atoms with Gasteiger partial charge < -0.3 is 24.6 Å². The molecule has 0 aliphatic carbocycles. The van der Waals surface area contributed by atoms with Crippen LogP contribution in [0.25, 0.3) is 0 Å². The second kappa shape index (κ2) is 10.2. The molecule has 8 nitrogen and oxygen atoms in total. The van der Waals surface area contributed by atoms with E-state index >= 15 is 0 Å². The molecule has 1 fully saturated rings. The highest BCUT2D eigenvalue weighted by Gasteiger charge is 2.41. The van der Waals surface area contributed by atoms with Gasteiger partial charge in [0, 0.05) is 29.7 Å². The zero-order chi connectivity index (χ0) is 23.4. The molecule has 9 heteroatoms. The monoisotopic (exact) mass is 469 g/mol. The zero-order valence-corrected chi connectivity index (χ0v) is 19.5. The molecule has 0 unspecified atom stereocenters. The lowest BCUT2D eigenvalue weighted by atomic mass is 10.1. The number of carbonyl (C=O) groups excluding carboxylic acids is 3. The Balaban J connectivity index is 1.53. The van der Waals surface area contributed by atoms with Gasteiger partial charge in [-0.25, -0.2) is 0 Å². The van der Waals surface area contributed by atoms with Gasteiger partial charge in [-0.05, 0) is 43.5 Å². The van der Waals surface area contributed by atoms with Gasteiger partial charge in [0.15, 0.2) is 16.7 Å². The van der Waals surface area contributed by atoms with Crippen LogP contribution in [0.3, 0.4) is 0 Å². The van der Waals surface area contributed by atoms with Crippen molar-refractivity contribution in [3.05, 3.63) is 42.5 Å². The van der Waals surface area contributed by atoms with Gasteiger partial charge >= 0.3 is 0 Å². The minimum atomic E-state index is -0.883. The van der Waals surface area contributed by atoms with E-state index in [9.17, 15) is 14.4 Å². The smallest absolute Gasteiger partial charge is 0.250 e. The van der Waals surface area contributed by atoms with Gasteiger partial charge in [-0.3, -0.25) is 14.4 Å². The van der Waals surface area contributed by atoms with E-state index in [0.717, 1.165) is 24.2 Å². The quantitative estimate of drug-likeness (QED) is 0.654. The third-order valence-corrected chi connectivity index (χ3v) is 6.99. The fourth-order valence-electron chi connectivity index (χ4n) is 4.07. The fourth-order valence-corrected chi connectivity index (χ4v) is 5.26. The predicted octanol–water partition coefficient (Wildman–Crippen LogP) is 3.16. The molecule has 2 aromatic carbocycles. The average Bonchev–Trinajstić information content (AvgIpc) is 2.85. The van der Waals surface area contributed by atoms with Gasteiger partial charge in [-0.15, -0.1) is 11.8 Å². The lowest BCUT2D eigenvalue weighted by molar-refractivity contribution is -0.135. The molecule has 0 bridgehead atoms. The lowest BCUT2D eigenvalue weighted by Crippen LogP contribution is -2.52. The number of benzene rings is 2. The standard InChI is InChI=1S/C24H27N3O5S/c1-31-18-11-10-16(14-19(18)32-2)25-21(28)15-27-17-8-4-5-9-20(17)33-22(24(27)30)23(29)26-12-6-3-7-13-26/h4-5,8-11,14,22H,3,6-7,12-13,15H2,1-2H3,(H,25,28)/t22-/m0/s1. The normalized spacial score (nSPS) is 17.9. The molecule has 4 rings (SSSR count). The maximum absolute atomic E-state index is 13.4. The number of carbonyl (C=O) groups is 3. The summed E-state index contributed by atoms with van der Waals surface area (Å²) in [6.07, 6.45) is 3.00. The van der Waals surface area contributed by atoms with Gasteiger partial charge in [-0.2, -0.15) is 0 Å². The number of hydrogen-bond donors (Lipinski definition) is 1. The van der Waals surface area contributed by atoms with Crippen LogP contribution in [0.15, 0.2) is 47.4 Å². The molecule has 0 aromatic heterocycles. The van der Waals surface area contributed by atoms with Crippen LogP contribution >= 0.6 is 11.8 Å². The van der Waals surface area contributed by atoms with Crippen LogP contribution < -0.4 is 19.7 Å². The van der Waals surface area contributed by atoms with Crippen molar-refractivity contribution in [3.63, 3.8) is 0 Å². The van der Waals surface area contributed by atoms with Crippen LogP contribution in [0.5, 0.6) is 11.5 Å². The predicted molar refractivity (Wildman–Crippen MR) is 127 cm³/mol. The summed E-state index contributed by atoms with van der Waals surface area (Å²) in [5.74, 6) is 0.118. The van der Waals surface area contributed by atoms with Crippen LogP contribution in [0.4, 0.5) is 11.4 Å². The second-order valence-electron chi connectivity index (χ2n) is 7.89. The first-order valence-electron chi connectivity index (χ1n) is 10.9. The first-order valence-corrected chi connectivity index (χ1v) is 11.8. The van der Waals surface area contributed by atoms with Crippen LogP contribution in [0.1, 0.15) is 19.3 Å². The van der Waals surface area contributed by atoms with Crippen molar-refractivity contribution in [2.45, 2.75) is 29.4 Å². The number of nitrogens with one attached hydrogen (secondary N) is 1. The number of hydrogen-bond acceptors (Lipinski definition) is 6. The number of anilines is 2. The SMILES string of the molecule is COc1ccc(NC(=O)CN2C(=O)[C@H](C(=O)N3CCCCC3)Sc3ccccc32)cc1OC. The minimum Gasteiger partial charge on any atom is -0.493 e. The highest BCUT2D eigenvalue weighted by atomic mass is 32.2. The summed E-state index contributed by atoms with van der Waals surface area (Å²) in [6.45, 7) is 1.14. The molecule has 174 valence electrons. The Morgan fingerprint density at radius 3 is 2.48 bits per heavy atom. The van der Waals surface area contributed by atoms with Crippen molar-refractivity contribution in [1.29, 1.82) is 0 Å². The van der Waals surface area contributed by atoms with E-state index in [0.29, 0.717) is 36.0 Å². The Hall–Kier alpha value is -3.20. The van der Waals surface area contributed by atoms with Gasteiger partial charge in [0.05, 0.1) is 19.9 Å². The van der Waals surface area contributed by atoms with Gasteiger partial charge in [0.25, 0.3) is 5.91 Å². The summed E-state index contributed by atoms with van der Waals surface area (Å²) in [6, 6.07) is 12.4. The Labute approximate surface area is 197 Å². The van der Waals surface area contributed by atoms with Gasteiger partial charge in [0.1, 0.15) is 6.54 Å². The number of piperidine rings is 1. The number of ether oxygens (including phenoxy) is 2. The van der Waals surface area contributed by atoms with Crippen LogP contribution in [0.2, 0.25) is 0 Å². The molecule has 0 spiro atoms. The first kappa shape index (κ1) is 23.0. The molecule has 2 aliphatic heterocycles. The summed E-state index contributed by atoms with van der Waals surface area (Å²) >= 11 is 1.27. The summed E-state index contributed by atoms with van der Waals surface area (Å²) < 4.78 is 10.5. The average molecular weight is 470 g/mol. The number of methoxy groups -OCH3 is 2. The van der Waals surface area contributed by atoms with Gasteiger partial charge in [0.2, 0.25) is 11.8 Å². The molecule has 1 atom stereocenters. The second-order valence-corrected chi connectivity index (χ2v) is 9.04. The van der Waals surface area contributed by atoms with Crippen molar-refractivity contribution in [1.82, 2.24) is 4.90 Å². The number of thioether (sulfide) groups is 1. The number of likely N-dealkylation sites (tertiary alicyclic amines) is 1. The largest absolute Gasteiger partial charge is 0.493 e. The van der Waals surface area contributed by atoms with Crippen LogP contribution in [0, 0.1) is 0 Å². The molecular formula is C24H27N3O5S. The lowest BCUT2D eigenvalue weighted by Gasteiger charge is -2.36. The van der Waals surface area contributed by atoms with E-state index in [1.807, 2.05) is 18.2 Å². The van der Waals surface area contributed by atoms with Crippen LogP contribution in [-0.4, -0.2) is 61.7 Å². The maximum atomic E-state index is 13.4. The third-order valence-electron chi connectivity index (χ3n) is 5.75. The minimum absolute atomic E-state index is 0.176. The summed E-state index contributed by atoms with van der Waals surface area (Å²) in [4.78, 5) is 43.4. The molecule has 2 aromatic rings. The molecular weight excluding hydrogens is 442 g/mol. The number of para-hydroxylation sites is 1. The highest BCUT2D eigenvalue weighted by molar-refractivity contribution is 8.01. The molecule has 2 aliphatic rings. The molecule has 1 saturated heterocycles. The first-order chi connectivity index (χ1) is 16.0. The Morgan fingerprint density at radius 2 is 1.76 bits per heavy atom. The zero-order valence-electron chi connectivity index (χ0n) is 18.7. The van der Waals surface area contributed by atoms with E-state index in [1.165, 1.54) is 30.9 Å². The Morgan fingerprint density at radius 1 is 1.03 bits per heavy atom. The summed E-state index contributed by atoms with van der Waals surface area (Å²) in [7, 11) is 3.05. The number of nitrogens with zero attached hydrogens (tertiary/aromatic N) is 2. The van der Waals surface area contributed by atoms with Crippen molar-refractivity contribution in [2.75, 3.05) is 44.1 Å². The molecule has 33 heavy (non-hydrogen) atoms. The molecule has 0 saturated carbocycles. The fraction of sp³-hybridized carbons (Fsp3) is 0.375. The van der Waals surface area contributed by atoms with Crippen molar-refractivity contribution < 1.29 is 23.9 Å². The number of fused-ring (bicyclic) bond motifs is 1. The molecule has 2 heterocycles. The maximum Gasteiger partial charge on any atom is 0.250 e. The summed E-state index contributed by atoms with van der Waals surface area (Å²) in [5, 5.41) is 1.92. The summed E-state index contributed by atoms with van der Waals surface area (Å²) in [5.41, 5.74) is 1.16. The van der Waals surface area contributed by atoms with Crippen molar-refractivity contribution in [3.8, 4) is 11.5 Å². The number of amides is 3. The van der Waals surface area contributed by atoms with E-state index < -0.39 is 5.25 Å². The van der Waals surface area contributed by atoms with E-state index in [-0.39, 0.29) is 24.3 Å². The van der Waals surface area contributed by atoms with Crippen molar-refractivity contribution in [2.24, 2.45) is 0 Å². The van der Waals surface area contributed by atoms with Crippen molar-refractivity contribution >= 4 is 40.9 Å². The Bertz CT molecular complexity index is 1050. The Kier molecular flexibility index (Phi) is 7.08. The van der Waals surface area contributed by atoms with E-state index in [4.69, 9.17) is 9.47 Å². The molecule has 3 amide bonds.